The number of piperidine rings is 1. The molecular weight excluding hydrogens is 566 g/mol. The molecule has 9 nitrogen and oxygen atoms in total. The van der Waals surface area contributed by atoms with Crippen LogP contribution in [0, 0.1) is 6.92 Å². The Morgan fingerprint density at radius 1 is 0.911 bits per heavy atom. The maximum Gasteiger partial charge on any atom is 0.326 e. The van der Waals surface area contributed by atoms with E-state index in [-0.39, 0.29) is 11.8 Å². The number of aliphatic carboxylic acids is 1. The molecule has 2 aromatic heterocycles. The highest BCUT2D eigenvalue weighted by atomic mass is 16.4. The molecule has 1 aliphatic heterocycles. The number of nitrogens with zero attached hydrogens (tertiary/aromatic N) is 3. The van der Waals surface area contributed by atoms with E-state index in [2.05, 4.69) is 20.3 Å². The van der Waals surface area contributed by atoms with Crippen LogP contribution in [0.3, 0.4) is 0 Å². The van der Waals surface area contributed by atoms with E-state index in [1.54, 1.807) is 12.1 Å². The predicted octanol–water partition coefficient (Wildman–Crippen LogP) is 6.81. The third kappa shape index (κ3) is 5.57. The average Bonchev–Trinajstić information content (AvgIpc) is 3.83. The zero-order valence-electron chi connectivity index (χ0n) is 24.9. The number of hydrogen-bond acceptors (Lipinski definition) is 5. The van der Waals surface area contributed by atoms with Gasteiger partial charge in [0.05, 0.1) is 5.69 Å². The van der Waals surface area contributed by atoms with Crippen molar-refractivity contribution in [2.75, 3.05) is 11.9 Å². The van der Waals surface area contributed by atoms with Gasteiger partial charge in [-0.15, -0.1) is 0 Å². The van der Waals surface area contributed by atoms with Crippen LogP contribution in [0.2, 0.25) is 0 Å². The second-order valence-corrected chi connectivity index (χ2v) is 11.9. The van der Waals surface area contributed by atoms with E-state index in [4.69, 9.17) is 0 Å². The molecule has 1 aliphatic carbocycles. The van der Waals surface area contributed by atoms with Gasteiger partial charge in [-0.3, -0.25) is 9.59 Å². The number of carboxylic acid groups (broad SMARTS) is 1. The van der Waals surface area contributed by atoms with Crippen LogP contribution in [0.1, 0.15) is 69.9 Å². The molecule has 9 heteroatoms. The molecule has 1 atom stereocenters. The van der Waals surface area contributed by atoms with Crippen molar-refractivity contribution in [1.82, 2.24) is 19.9 Å². The molecule has 1 saturated heterocycles. The Morgan fingerprint density at radius 2 is 1.67 bits per heavy atom. The van der Waals surface area contributed by atoms with Crippen LogP contribution in [-0.4, -0.2) is 55.3 Å². The van der Waals surface area contributed by atoms with Crippen LogP contribution in [-0.2, 0) is 4.79 Å². The van der Waals surface area contributed by atoms with Crippen LogP contribution < -0.4 is 5.32 Å². The average molecular weight is 600 g/mol. The Hall–Kier alpha value is -5.31. The summed E-state index contributed by atoms with van der Waals surface area (Å²) >= 11 is 0. The second kappa shape index (κ2) is 11.6. The molecule has 2 aliphatic rings. The number of likely N-dealkylation sites (tertiary alicyclic amines) is 1. The smallest absolute Gasteiger partial charge is 0.326 e. The maximum absolute atomic E-state index is 13.2. The van der Waals surface area contributed by atoms with Crippen molar-refractivity contribution in [3.05, 3.63) is 101 Å². The number of carbonyl (C=O) groups excluding carboxylic acids is 2. The van der Waals surface area contributed by atoms with E-state index in [0.29, 0.717) is 41.3 Å². The Kier molecular flexibility index (Phi) is 7.37. The molecule has 2 amide bonds. The van der Waals surface area contributed by atoms with Gasteiger partial charge in [0, 0.05) is 40.0 Å². The Morgan fingerprint density at radius 3 is 2.40 bits per heavy atom. The summed E-state index contributed by atoms with van der Waals surface area (Å²) in [6, 6.07) is 22.0. The molecule has 5 aromatic rings. The second-order valence-electron chi connectivity index (χ2n) is 11.9. The normalized spacial score (nSPS) is 16.5. The fourth-order valence-electron chi connectivity index (χ4n) is 6.24. The molecule has 3 heterocycles. The largest absolute Gasteiger partial charge is 0.480 e. The Bertz CT molecular complexity index is 1930. The van der Waals surface area contributed by atoms with Gasteiger partial charge in [0.2, 0.25) is 0 Å². The highest BCUT2D eigenvalue weighted by Gasteiger charge is 2.32. The molecule has 0 bridgehead atoms. The molecule has 1 saturated carbocycles. The van der Waals surface area contributed by atoms with E-state index < -0.39 is 12.0 Å². The number of nitrogens with one attached hydrogen (secondary N) is 2. The number of carboxylic acids is 1. The van der Waals surface area contributed by atoms with Gasteiger partial charge in [0.25, 0.3) is 11.8 Å². The summed E-state index contributed by atoms with van der Waals surface area (Å²) in [4.78, 5) is 51.9. The fourth-order valence-corrected chi connectivity index (χ4v) is 6.24. The number of anilines is 1. The number of aromatic amines is 1. The number of benzene rings is 3. The summed E-state index contributed by atoms with van der Waals surface area (Å²) in [5.74, 6) is -0.747. The first kappa shape index (κ1) is 28.5. The molecule has 3 aromatic carbocycles. The summed E-state index contributed by atoms with van der Waals surface area (Å²) in [5, 5.41) is 13.5. The minimum absolute atomic E-state index is 0.157. The minimum Gasteiger partial charge on any atom is -0.480 e. The predicted molar refractivity (Wildman–Crippen MR) is 172 cm³/mol. The first-order valence-electron chi connectivity index (χ1n) is 15.4. The van der Waals surface area contributed by atoms with E-state index in [1.165, 1.54) is 29.6 Å². The molecule has 0 spiro atoms. The fraction of sp³-hybridized carbons (Fsp3) is 0.250. The van der Waals surface area contributed by atoms with Crippen LogP contribution in [0.5, 0.6) is 0 Å². The zero-order valence-corrected chi connectivity index (χ0v) is 24.9. The quantitative estimate of drug-likeness (QED) is 0.189. The van der Waals surface area contributed by atoms with Crippen molar-refractivity contribution in [2.24, 2.45) is 0 Å². The number of hydrogen-bond donors (Lipinski definition) is 3. The van der Waals surface area contributed by atoms with E-state index in [9.17, 15) is 19.5 Å². The number of amides is 2. The van der Waals surface area contributed by atoms with Gasteiger partial charge < -0.3 is 20.3 Å². The van der Waals surface area contributed by atoms with Crippen LogP contribution in [0.15, 0.2) is 79.1 Å². The highest BCUT2D eigenvalue weighted by molar-refractivity contribution is 6.05. The number of fused-ring (bicyclic) bond motifs is 1. The summed E-state index contributed by atoms with van der Waals surface area (Å²) in [7, 11) is 0. The number of rotatable bonds is 7. The van der Waals surface area contributed by atoms with Crippen molar-refractivity contribution in [2.45, 2.75) is 51.0 Å². The molecule has 2 fully saturated rings. The highest BCUT2D eigenvalue weighted by Crippen LogP contribution is 2.40. The zero-order chi connectivity index (χ0) is 31.1. The van der Waals surface area contributed by atoms with Crippen LogP contribution in [0.25, 0.3) is 33.5 Å². The third-order valence-corrected chi connectivity index (χ3v) is 8.98. The van der Waals surface area contributed by atoms with Crippen molar-refractivity contribution in [1.29, 1.82) is 0 Å². The first-order chi connectivity index (χ1) is 21.9. The van der Waals surface area contributed by atoms with Gasteiger partial charge in [0.15, 0.2) is 0 Å². The van der Waals surface area contributed by atoms with Crippen molar-refractivity contribution in [3.8, 4) is 22.5 Å². The Labute approximate surface area is 260 Å². The van der Waals surface area contributed by atoms with Gasteiger partial charge in [-0.05, 0) is 98.0 Å². The van der Waals surface area contributed by atoms with E-state index in [0.717, 1.165) is 46.3 Å². The SMILES string of the molecule is Cc1c(NC(=O)c2ccc(C3CC3)cc2)cccc1-c1ncnc2[nH]c(-c3ccc(C(=O)N4CCCC[C@H]4C(=O)O)cc3)cc12. The first-order valence-corrected chi connectivity index (χ1v) is 15.4. The Balaban J connectivity index is 1.13. The van der Waals surface area contributed by atoms with E-state index in [1.807, 2.05) is 67.6 Å². The van der Waals surface area contributed by atoms with E-state index >= 15 is 0 Å². The summed E-state index contributed by atoms with van der Waals surface area (Å²) in [6.07, 6.45) is 6.04. The van der Waals surface area contributed by atoms with Gasteiger partial charge >= 0.3 is 5.97 Å². The molecule has 7 rings (SSSR count). The summed E-state index contributed by atoms with van der Waals surface area (Å²) < 4.78 is 0. The van der Waals surface area contributed by atoms with Crippen molar-refractivity contribution in [3.63, 3.8) is 0 Å². The molecular formula is C36H33N5O4. The topological polar surface area (TPSA) is 128 Å². The van der Waals surface area contributed by atoms with Gasteiger partial charge in [0.1, 0.15) is 18.0 Å². The molecule has 3 N–H and O–H groups in total. The van der Waals surface area contributed by atoms with Crippen molar-refractivity contribution < 1.29 is 19.5 Å². The molecule has 0 radical (unpaired) electrons. The monoisotopic (exact) mass is 599 g/mol. The lowest BCUT2D eigenvalue weighted by atomic mass is 10.00. The van der Waals surface area contributed by atoms with Crippen LogP contribution >= 0.6 is 0 Å². The van der Waals surface area contributed by atoms with Crippen LogP contribution in [0.4, 0.5) is 5.69 Å². The third-order valence-electron chi connectivity index (χ3n) is 8.98. The molecule has 45 heavy (non-hydrogen) atoms. The maximum atomic E-state index is 13.2. The minimum atomic E-state index is -0.962. The lowest BCUT2D eigenvalue weighted by Gasteiger charge is -2.33. The number of H-pyrrole nitrogens is 1. The number of aromatic nitrogens is 3. The standard InChI is InChI=1S/C36H33N5O4/c1-21-27(5-4-6-29(21)40-34(42)25-14-10-23(11-15-25)22-8-9-22)32-28-19-30(39-33(28)38-20-37-32)24-12-16-26(17-13-24)35(43)41-18-3-2-7-31(41)36(44)45/h4-6,10-17,19-20,22,31H,2-3,7-9,18H2,1H3,(H,40,42)(H,44,45)(H,37,38,39)/t31-/m0/s1. The molecule has 226 valence electrons. The lowest BCUT2D eigenvalue weighted by Crippen LogP contribution is -2.47. The number of carbonyl (C=O) groups is 3. The summed E-state index contributed by atoms with van der Waals surface area (Å²) in [5.41, 5.74) is 7.92. The lowest BCUT2D eigenvalue weighted by molar-refractivity contribution is -0.143. The van der Waals surface area contributed by atoms with Gasteiger partial charge in [-0.1, -0.05) is 36.4 Å². The summed E-state index contributed by atoms with van der Waals surface area (Å²) in [6.45, 7) is 2.41. The van der Waals surface area contributed by atoms with Crippen molar-refractivity contribution >= 4 is 34.5 Å². The van der Waals surface area contributed by atoms with Gasteiger partial charge in [-0.25, -0.2) is 14.8 Å². The molecule has 0 unspecified atom stereocenters. The van der Waals surface area contributed by atoms with Gasteiger partial charge in [-0.2, -0.15) is 0 Å².